The summed E-state index contributed by atoms with van der Waals surface area (Å²) < 4.78 is 15.8. The number of ether oxygens (including phenoxy) is 3. The number of amides is 1. The Morgan fingerprint density at radius 2 is 2.11 bits per heavy atom. The molecule has 1 atom stereocenters. The first-order valence-corrected chi connectivity index (χ1v) is 7.77. The van der Waals surface area contributed by atoms with Crippen molar-refractivity contribution < 1.29 is 29.0 Å². The number of methoxy groups -OCH3 is 1. The van der Waals surface area contributed by atoms with Gasteiger partial charge in [0.1, 0.15) is 6.61 Å². The van der Waals surface area contributed by atoms with Crippen LogP contribution in [0.5, 0.6) is 23.0 Å². The van der Waals surface area contributed by atoms with Crippen LogP contribution in [-0.4, -0.2) is 42.0 Å². The largest absolute Gasteiger partial charge is 0.504 e. The van der Waals surface area contributed by atoms with E-state index in [1.54, 1.807) is 24.3 Å². The number of fused-ring (bicyclic) bond motifs is 1. The van der Waals surface area contributed by atoms with Crippen LogP contribution in [0.4, 0.5) is 5.69 Å². The van der Waals surface area contributed by atoms with E-state index in [4.69, 9.17) is 14.2 Å². The van der Waals surface area contributed by atoms with E-state index < -0.39 is 22.6 Å². The molecular weight excluding hydrogens is 358 g/mol. The SMILES string of the molecule is COc1c(O)ccc(C=NNC(=O)C2COc3ccccc3O2)c1[N+](=O)[O-]. The van der Waals surface area contributed by atoms with E-state index in [1.165, 1.54) is 19.2 Å². The first-order chi connectivity index (χ1) is 13.0. The molecule has 0 saturated carbocycles. The average molecular weight is 373 g/mol. The van der Waals surface area contributed by atoms with Crippen LogP contribution in [0.25, 0.3) is 0 Å². The molecule has 0 radical (unpaired) electrons. The number of carbonyl (C=O) groups excluding carboxylic acids is 1. The van der Waals surface area contributed by atoms with E-state index in [-0.39, 0.29) is 23.7 Å². The number of carbonyl (C=O) groups is 1. The highest BCUT2D eigenvalue weighted by atomic mass is 16.6. The summed E-state index contributed by atoms with van der Waals surface area (Å²) in [6.45, 7) is 0.00550. The standard InChI is InChI=1S/C17H15N3O7/c1-25-16-11(21)7-6-10(15(16)20(23)24)8-18-19-17(22)14-9-26-12-4-2-3-5-13(12)27-14/h2-8,14,21H,9H2,1H3,(H,19,22). The van der Waals surface area contributed by atoms with Crippen molar-refractivity contribution in [3.8, 4) is 23.0 Å². The van der Waals surface area contributed by atoms with Crippen LogP contribution in [0.2, 0.25) is 0 Å². The van der Waals surface area contributed by atoms with E-state index in [0.717, 1.165) is 6.21 Å². The third kappa shape index (κ3) is 3.73. The minimum Gasteiger partial charge on any atom is -0.504 e. The smallest absolute Gasteiger partial charge is 0.323 e. The van der Waals surface area contributed by atoms with Gasteiger partial charge in [-0.1, -0.05) is 12.1 Å². The molecule has 1 heterocycles. The molecule has 1 unspecified atom stereocenters. The van der Waals surface area contributed by atoms with Gasteiger partial charge in [0.05, 0.1) is 23.8 Å². The van der Waals surface area contributed by atoms with Crippen molar-refractivity contribution in [2.75, 3.05) is 13.7 Å². The Morgan fingerprint density at radius 3 is 2.81 bits per heavy atom. The maximum Gasteiger partial charge on any atom is 0.323 e. The number of para-hydroxylation sites is 2. The second kappa shape index (κ2) is 7.60. The van der Waals surface area contributed by atoms with Crippen molar-refractivity contribution >= 4 is 17.8 Å². The van der Waals surface area contributed by atoms with E-state index in [9.17, 15) is 20.0 Å². The van der Waals surface area contributed by atoms with Gasteiger partial charge in [-0.05, 0) is 24.3 Å². The lowest BCUT2D eigenvalue weighted by atomic mass is 10.1. The Bertz CT molecular complexity index is 913. The summed E-state index contributed by atoms with van der Waals surface area (Å²) in [5.41, 5.74) is 1.82. The molecule has 1 aliphatic rings. The molecule has 0 aliphatic carbocycles. The van der Waals surface area contributed by atoms with Crippen LogP contribution in [0.15, 0.2) is 41.5 Å². The Kier molecular flexibility index (Phi) is 5.06. The van der Waals surface area contributed by atoms with Crippen LogP contribution in [0, 0.1) is 10.1 Å². The van der Waals surface area contributed by atoms with Crippen molar-refractivity contribution in [2.24, 2.45) is 5.10 Å². The molecule has 3 rings (SSSR count). The number of hydrogen-bond acceptors (Lipinski definition) is 8. The van der Waals surface area contributed by atoms with Crippen LogP contribution >= 0.6 is 0 Å². The second-order valence-electron chi connectivity index (χ2n) is 5.41. The van der Waals surface area contributed by atoms with Gasteiger partial charge in [0.25, 0.3) is 5.91 Å². The highest BCUT2D eigenvalue weighted by Crippen LogP contribution is 2.38. The van der Waals surface area contributed by atoms with Gasteiger partial charge in [-0.2, -0.15) is 5.10 Å². The number of nitrogens with zero attached hydrogens (tertiary/aromatic N) is 2. The molecule has 10 nitrogen and oxygen atoms in total. The highest BCUT2D eigenvalue weighted by molar-refractivity contribution is 5.90. The summed E-state index contributed by atoms with van der Waals surface area (Å²) in [6.07, 6.45) is 0.164. The lowest BCUT2D eigenvalue weighted by Crippen LogP contribution is -2.42. The number of nitro groups is 1. The monoisotopic (exact) mass is 373 g/mol. The van der Waals surface area contributed by atoms with Gasteiger partial charge in [0, 0.05) is 0 Å². The number of nitrogens with one attached hydrogen (secondary N) is 1. The van der Waals surface area contributed by atoms with Crippen molar-refractivity contribution in [1.82, 2.24) is 5.43 Å². The molecule has 2 aromatic rings. The van der Waals surface area contributed by atoms with Gasteiger partial charge in [-0.25, -0.2) is 5.43 Å². The summed E-state index contributed by atoms with van der Waals surface area (Å²) in [7, 11) is 1.20. The fourth-order valence-corrected chi connectivity index (χ4v) is 2.46. The van der Waals surface area contributed by atoms with E-state index >= 15 is 0 Å². The number of aromatic hydroxyl groups is 1. The number of hydrazone groups is 1. The van der Waals surface area contributed by atoms with Gasteiger partial charge in [0.15, 0.2) is 17.2 Å². The quantitative estimate of drug-likeness (QED) is 0.462. The van der Waals surface area contributed by atoms with Crippen molar-refractivity contribution in [1.29, 1.82) is 0 Å². The number of nitro benzene ring substituents is 1. The lowest BCUT2D eigenvalue weighted by Gasteiger charge is -2.24. The number of benzene rings is 2. The summed E-state index contributed by atoms with van der Waals surface area (Å²) >= 11 is 0. The van der Waals surface area contributed by atoms with E-state index in [2.05, 4.69) is 10.5 Å². The van der Waals surface area contributed by atoms with Crippen molar-refractivity contribution in [3.63, 3.8) is 0 Å². The zero-order valence-electron chi connectivity index (χ0n) is 14.1. The Labute approximate surface area is 153 Å². The molecule has 0 aromatic heterocycles. The van der Waals surface area contributed by atoms with Crippen LogP contribution in [0.3, 0.4) is 0 Å². The zero-order valence-corrected chi connectivity index (χ0v) is 14.1. The van der Waals surface area contributed by atoms with Crippen LogP contribution in [0.1, 0.15) is 5.56 Å². The van der Waals surface area contributed by atoms with Gasteiger partial charge in [-0.3, -0.25) is 14.9 Å². The number of phenols is 1. The summed E-state index contributed by atoms with van der Waals surface area (Å²) in [5.74, 6) is -0.273. The normalized spacial score (nSPS) is 15.4. The topological polar surface area (TPSA) is 133 Å². The molecule has 0 saturated heterocycles. The lowest BCUT2D eigenvalue weighted by molar-refractivity contribution is -0.386. The van der Waals surface area contributed by atoms with Gasteiger partial charge >= 0.3 is 5.69 Å². The third-order valence-electron chi connectivity index (χ3n) is 3.71. The summed E-state index contributed by atoms with van der Waals surface area (Å²) in [5, 5.41) is 24.6. The molecule has 1 aliphatic heterocycles. The molecule has 2 aromatic carbocycles. The van der Waals surface area contributed by atoms with Gasteiger partial charge in [0.2, 0.25) is 11.9 Å². The highest BCUT2D eigenvalue weighted by Gasteiger charge is 2.27. The fraction of sp³-hybridized carbons (Fsp3) is 0.176. The predicted octanol–water partition coefficient (Wildman–Crippen LogP) is 1.60. The summed E-state index contributed by atoms with van der Waals surface area (Å²) in [6, 6.07) is 9.43. The molecule has 1 amide bonds. The molecule has 0 spiro atoms. The maximum absolute atomic E-state index is 12.2. The second-order valence-corrected chi connectivity index (χ2v) is 5.41. The fourth-order valence-electron chi connectivity index (χ4n) is 2.46. The minimum absolute atomic E-state index is 0.00550. The predicted molar refractivity (Wildman–Crippen MR) is 93.4 cm³/mol. The Hall–Kier alpha value is -3.82. The van der Waals surface area contributed by atoms with Crippen molar-refractivity contribution in [2.45, 2.75) is 6.10 Å². The Morgan fingerprint density at radius 1 is 1.37 bits per heavy atom. The third-order valence-corrected chi connectivity index (χ3v) is 3.71. The van der Waals surface area contributed by atoms with Gasteiger partial charge in [-0.15, -0.1) is 0 Å². The minimum atomic E-state index is -0.915. The molecular formula is C17H15N3O7. The van der Waals surface area contributed by atoms with Crippen molar-refractivity contribution in [3.05, 3.63) is 52.1 Å². The molecule has 27 heavy (non-hydrogen) atoms. The van der Waals surface area contributed by atoms with E-state index in [1.807, 2.05) is 0 Å². The van der Waals surface area contributed by atoms with E-state index in [0.29, 0.717) is 11.5 Å². The van der Waals surface area contributed by atoms with Crippen LogP contribution in [-0.2, 0) is 4.79 Å². The molecule has 10 heteroatoms. The first-order valence-electron chi connectivity index (χ1n) is 7.77. The number of phenolic OH excluding ortho intramolecular Hbond substituents is 1. The average Bonchev–Trinajstić information content (AvgIpc) is 2.68. The number of rotatable bonds is 5. The summed E-state index contributed by atoms with van der Waals surface area (Å²) in [4.78, 5) is 22.7. The molecule has 140 valence electrons. The van der Waals surface area contributed by atoms with Crippen LogP contribution < -0.4 is 19.6 Å². The molecule has 2 N–H and O–H groups in total. The molecule has 0 fully saturated rings. The maximum atomic E-state index is 12.2. The Balaban J connectivity index is 1.71. The first kappa shape index (κ1) is 18.0. The number of hydrogen-bond donors (Lipinski definition) is 2. The zero-order chi connectivity index (χ0) is 19.4. The molecule has 0 bridgehead atoms. The van der Waals surface area contributed by atoms with Gasteiger partial charge < -0.3 is 19.3 Å².